The second-order valence-corrected chi connectivity index (χ2v) is 19.7. The quantitative estimate of drug-likeness (QED) is 0.146. The Morgan fingerprint density at radius 3 is 1.92 bits per heavy atom. The fourth-order valence-corrected chi connectivity index (χ4v) is 8.70. The van der Waals surface area contributed by atoms with Crippen LogP contribution < -0.4 is 4.74 Å². The number of aliphatic imine (C=N–C) groups is 1. The van der Waals surface area contributed by atoms with Crippen LogP contribution in [0.25, 0.3) is 38.8 Å². The lowest BCUT2D eigenvalue weighted by molar-refractivity contribution is 0.175. The van der Waals surface area contributed by atoms with Crippen LogP contribution in [0.15, 0.2) is 126 Å². The van der Waals surface area contributed by atoms with Crippen molar-refractivity contribution in [3.05, 3.63) is 155 Å². The summed E-state index contributed by atoms with van der Waals surface area (Å²) in [5.74, 6) is 3.96. The molecule has 7 aromatic rings. The first-order valence-electron chi connectivity index (χ1n) is 21.8. The summed E-state index contributed by atoms with van der Waals surface area (Å²) in [6.07, 6.45) is 1.77. The average Bonchev–Trinajstić information content (AvgIpc) is 3.80. The van der Waals surface area contributed by atoms with Crippen LogP contribution >= 0.6 is 0 Å². The van der Waals surface area contributed by atoms with Gasteiger partial charge in [0.1, 0.15) is 23.4 Å². The number of hydrogen-bond donors (Lipinski definition) is 0. The monoisotopic (exact) mass is 795 g/mol. The van der Waals surface area contributed by atoms with Crippen LogP contribution in [0.3, 0.4) is 0 Å². The molecule has 2 aromatic heterocycles. The van der Waals surface area contributed by atoms with Crippen molar-refractivity contribution in [3.8, 4) is 28.4 Å². The number of nitrogens with zero attached hydrogens (tertiary/aromatic N) is 3. The Bertz CT molecular complexity index is 2700. The molecule has 0 N–H and O–H groups in total. The summed E-state index contributed by atoms with van der Waals surface area (Å²) in [5.41, 5.74) is 11.7. The molecule has 0 unspecified atom stereocenters. The van der Waals surface area contributed by atoms with E-state index in [1.54, 1.807) is 0 Å². The van der Waals surface area contributed by atoms with Crippen LogP contribution in [-0.2, 0) is 15.6 Å². The molecule has 0 fully saturated rings. The average molecular weight is 796 g/mol. The van der Waals surface area contributed by atoms with E-state index in [1.807, 2.05) is 6.20 Å². The highest BCUT2D eigenvalue weighted by Crippen LogP contribution is 2.43. The summed E-state index contributed by atoms with van der Waals surface area (Å²) in [7, 11) is 0. The molecule has 5 nitrogen and oxygen atoms in total. The zero-order valence-corrected chi connectivity index (χ0v) is 37.6. The Morgan fingerprint density at radius 1 is 0.600 bits per heavy atom. The Kier molecular flexibility index (Phi) is 10.8. The van der Waals surface area contributed by atoms with Crippen molar-refractivity contribution in [2.45, 2.75) is 118 Å². The Balaban J connectivity index is 1.31. The first-order chi connectivity index (χ1) is 28.5. The van der Waals surface area contributed by atoms with Crippen LogP contribution in [-0.4, -0.2) is 21.5 Å². The molecule has 0 spiro atoms. The second kappa shape index (κ2) is 15.7. The van der Waals surface area contributed by atoms with Crippen molar-refractivity contribution in [2.24, 2.45) is 10.9 Å². The predicted molar refractivity (Wildman–Crippen MR) is 252 cm³/mol. The molecule has 5 aromatic carbocycles. The summed E-state index contributed by atoms with van der Waals surface area (Å²) < 4.78 is 16.2. The Morgan fingerprint density at radius 2 is 1.27 bits per heavy atom. The topological polar surface area (TPSA) is 48.6 Å². The van der Waals surface area contributed by atoms with Gasteiger partial charge in [-0.15, -0.1) is 0 Å². The molecule has 308 valence electrons. The fraction of sp³-hybridized carbons (Fsp3) is 0.345. The SMILES string of the molecule is CC(C)c1cccc(C(C)C)c1-c1cc(Oc2ccc3c4cc(C(C)(C)C)ccc4n(-c4cc(C(C)(C)C)ccn4)c3c2)cc(C2=N[C@H](C(C)C)[C@H](c3ccccc3)O2)c1. The number of ether oxygens (including phenoxy) is 2. The largest absolute Gasteiger partial charge is 0.467 e. The van der Waals surface area contributed by atoms with Gasteiger partial charge in [-0.2, -0.15) is 0 Å². The molecule has 3 heterocycles. The van der Waals surface area contributed by atoms with Crippen LogP contribution in [0.2, 0.25) is 0 Å². The number of fused-ring (bicyclic) bond motifs is 3. The van der Waals surface area contributed by atoms with Crippen molar-refractivity contribution in [3.63, 3.8) is 0 Å². The predicted octanol–water partition coefficient (Wildman–Crippen LogP) is 15.0. The molecule has 0 bridgehead atoms. The van der Waals surface area contributed by atoms with Crippen LogP contribution in [0.5, 0.6) is 11.5 Å². The maximum absolute atomic E-state index is 7.03. The van der Waals surface area contributed by atoms with Gasteiger partial charge in [-0.1, -0.05) is 138 Å². The summed E-state index contributed by atoms with van der Waals surface area (Å²) in [6, 6.07) is 41.5. The lowest BCUT2D eigenvalue weighted by Gasteiger charge is -2.22. The molecule has 0 saturated carbocycles. The van der Waals surface area contributed by atoms with Gasteiger partial charge in [0.05, 0.1) is 17.1 Å². The molecule has 0 aliphatic carbocycles. The minimum absolute atomic E-state index is 0.00599. The fourth-order valence-electron chi connectivity index (χ4n) is 8.70. The van der Waals surface area contributed by atoms with Crippen LogP contribution in [0.4, 0.5) is 0 Å². The van der Waals surface area contributed by atoms with Gasteiger partial charge in [-0.25, -0.2) is 9.98 Å². The van der Waals surface area contributed by atoms with Crippen LogP contribution in [0.1, 0.15) is 134 Å². The van der Waals surface area contributed by atoms with Gasteiger partial charge >= 0.3 is 0 Å². The zero-order valence-electron chi connectivity index (χ0n) is 37.6. The van der Waals surface area contributed by atoms with E-state index < -0.39 is 0 Å². The van der Waals surface area contributed by atoms with E-state index >= 15 is 0 Å². The minimum Gasteiger partial charge on any atom is -0.467 e. The molecule has 0 saturated heterocycles. The molecule has 2 atom stereocenters. The van der Waals surface area contributed by atoms with E-state index in [-0.39, 0.29) is 28.9 Å². The standard InChI is InChI=1S/C55H61N3O2/c1-33(2)43-19-16-20-44(34(3)4)50(43)37-27-38(53-57-51(35(5)6)52(60-53)36-17-14-13-15-18-36)29-42(28-37)59-41-22-23-45-46-30-39(54(7,8)9)21-24-47(46)58(48(45)32-41)49-31-40(25-26-56-49)55(10,11)12/h13-35,51-52H,1-12H3/t51-,52+/m1/s1. The molecule has 0 amide bonds. The number of pyridine rings is 1. The Hall–Kier alpha value is -5.68. The van der Waals surface area contributed by atoms with Crippen molar-refractivity contribution < 1.29 is 9.47 Å². The molecule has 1 aliphatic heterocycles. The van der Waals surface area contributed by atoms with Crippen molar-refractivity contribution in [1.29, 1.82) is 0 Å². The van der Waals surface area contributed by atoms with E-state index in [4.69, 9.17) is 19.5 Å². The van der Waals surface area contributed by atoms with Gasteiger partial charge in [0.15, 0.2) is 0 Å². The number of hydrogen-bond acceptors (Lipinski definition) is 4. The molecular weight excluding hydrogens is 735 g/mol. The first-order valence-corrected chi connectivity index (χ1v) is 21.8. The second-order valence-electron chi connectivity index (χ2n) is 19.7. The third kappa shape index (κ3) is 7.87. The van der Waals surface area contributed by atoms with E-state index in [9.17, 15) is 0 Å². The highest BCUT2D eigenvalue weighted by molar-refractivity contribution is 6.10. The van der Waals surface area contributed by atoms with E-state index in [0.29, 0.717) is 17.7 Å². The lowest BCUT2D eigenvalue weighted by atomic mass is 9.84. The zero-order chi connectivity index (χ0) is 42.7. The highest BCUT2D eigenvalue weighted by atomic mass is 16.5. The van der Waals surface area contributed by atoms with Gasteiger partial charge in [0.2, 0.25) is 5.90 Å². The normalized spacial score (nSPS) is 16.0. The highest BCUT2D eigenvalue weighted by Gasteiger charge is 2.35. The maximum Gasteiger partial charge on any atom is 0.217 e. The molecule has 1 aliphatic rings. The molecule has 60 heavy (non-hydrogen) atoms. The summed E-state index contributed by atoms with van der Waals surface area (Å²) >= 11 is 0. The van der Waals surface area contributed by atoms with Gasteiger partial charge in [0.25, 0.3) is 0 Å². The van der Waals surface area contributed by atoms with E-state index in [0.717, 1.165) is 50.4 Å². The summed E-state index contributed by atoms with van der Waals surface area (Å²) in [6.45, 7) is 27.1. The lowest BCUT2D eigenvalue weighted by Crippen LogP contribution is -2.19. The molecule has 5 heteroatoms. The number of benzene rings is 5. The van der Waals surface area contributed by atoms with Gasteiger partial charge in [-0.05, 0) is 122 Å². The van der Waals surface area contributed by atoms with E-state index in [2.05, 4.69) is 203 Å². The minimum atomic E-state index is -0.170. The van der Waals surface area contributed by atoms with E-state index in [1.165, 1.54) is 33.2 Å². The maximum atomic E-state index is 7.03. The van der Waals surface area contributed by atoms with Crippen molar-refractivity contribution >= 4 is 27.7 Å². The third-order valence-corrected chi connectivity index (χ3v) is 12.1. The van der Waals surface area contributed by atoms with Crippen molar-refractivity contribution in [1.82, 2.24) is 9.55 Å². The molecule has 0 radical (unpaired) electrons. The molecule has 8 rings (SSSR count). The Labute approximate surface area is 357 Å². The van der Waals surface area contributed by atoms with Gasteiger partial charge in [0, 0.05) is 28.6 Å². The van der Waals surface area contributed by atoms with Crippen LogP contribution in [0, 0.1) is 5.92 Å². The van der Waals surface area contributed by atoms with Gasteiger partial charge < -0.3 is 9.47 Å². The molecular formula is C55H61N3O2. The first kappa shape index (κ1) is 41.1. The van der Waals surface area contributed by atoms with Crippen molar-refractivity contribution in [2.75, 3.05) is 0 Å². The number of rotatable bonds is 9. The van der Waals surface area contributed by atoms with Gasteiger partial charge in [-0.3, -0.25) is 4.57 Å². The summed E-state index contributed by atoms with van der Waals surface area (Å²) in [5, 5.41) is 2.36. The summed E-state index contributed by atoms with van der Waals surface area (Å²) in [4.78, 5) is 10.3. The number of aromatic nitrogens is 2. The smallest absolute Gasteiger partial charge is 0.217 e. The third-order valence-electron chi connectivity index (χ3n) is 12.1.